The van der Waals surface area contributed by atoms with Gasteiger partial charge in [-0.25, -0.2) is 4.79 Å². The first kappa shape index (κ1) is 12.5. The summed E-state index contributed by atoms with van der Waals surface area (Å²) in [6.07, 6.45) is 4.95. The normalized spacial score (nSPS) is 8.29. The summed E-state index contributed by atoms with van der Waals surface area (Å²) in [4.78, 5) is 10.4. The summed E-state index contributed by atoms with van der Waals surface area (Å²) in [5, 5.41) is 8.07. The van der Waals surface area contributed by atoms with Gasteiger partial charge in [0.25, 0.3) is 0 Å². The van der Waals surface area contributed by atoms with Crippen molar-refractivity contribution in [2.24, 2.45) is 0 Å². The Kier molecular flexibility index (Phi) is 8.59. The number of unbranched alkanes of at least 4 members (excludes halogenated alkanes) is 3. The molecule has 0 fully saturated rings. The first-order valence-electron chi connectivity index (χ1n) is 4.83. The van der Waals surface area contributed by atoms with Gasteiger partial charge in [-0.05, 0) is 6.42 Å². The molecule has 0 N–H and O–H groups in total. The lowest BCUT2D eigenvalue weighted by molar-refractivity contribution is -0.136. The molecule has 0 aromatic carbocycles. The monoisotopic (exact) mass is 193 g/mol. The van der Waals surface area contributed by atoms with Crippen LogP contribution in [0.2, 0.25) is 0 Å². The molecule has 0 amide bonds. The third-order valence-corrected chi connectivity index (χ3v) is 1.58. The lowest BCUT2D eigenvalue weighted by Gasteiger charge is -1.93. The van der Waals surface area contributed by atoms with Crippen LogP contribution in [0.15, 0.2) is 0 Å². The predicted molar refractivity (Wildman–Crippen MR) is 53.1 cm³/mol. The number of hydrogen-bond acceptors (Lipinski definition) is 3. The van der Waals surface area contributed by atoms with Gasteiger partial charge < -0.3 is 4.74 Å². The van der Waals surface area contributed by atoms with Crippen LogP contribution >= 0.6 is 0 Å². The van der Waals surface area contributed by atoms with Crippen LogP contribution in [0.25, 0.3) is 0 Å². The average Bonchev–Trinajstić information content (AvgIpc) is 2.21. The average molecular weight is 193 g/mol. The van der Waals surface area contributed by atoms with E-state index >= 15 is 0 Å². The van der Waals surface area contributed by atoms with E-state index in [9.17, 15) is 4.79 Å². The van der Waals surface area contributed by atoms with Crippen LogP contribution in [0.3, 0.4) is 0 Å². The Morgan fingerprint density at radius 2 is 2.00 bits per heavy atom. The minimum Gasteiger partial charge on any atom is -0.454 e. The van der Waals surface area contributed by atoms with E-state index in [4.69, 9.17) is 5.26 Å². The van der Waals surface area contributed by atoms with Gasteiger partial charge in [0.15, 0.2) is 6.07 Å². The largest absolute Gasteiger partial charge is 0.454 e. The Morgan fingerprint density at radius 3 is 2.64 bits per heavy atom. The van der Waals surface area contributed by atoms with E-state index < -0.39 is 5.97 Å². The number of carbonyl (C=O) groups is 1. The van der Waals surface area contributed by atoms with Crippen molar-refractivity contribution in [3.05, 3.63) is 0 Å². The molecule has 0 spiro atoms. The highest BCUT2D eigenvalue weighted by Gasteiger charge is 1.95. The van der Waals surface area contributed by atoms with E-state index in [1.807, 2.05) is 0 Å². The van der Waals surface area contributed by atoms with Crippen LogP contribution in [0.4, 0.5) is 0 Å². The predicted octanol–water partition coefficient (Wildman–Crippen LogP) is 2.03. The van der Waals surface area contributed by atoms with Crippen molar-refractivity contribution in [2.75, 3.05) is 6.61 Å². The van der Waals surface area contributed by atoms with Crippen molar-refractivity contribution in [3.63, 3.8) is 0 Å². The van der Waals surface area contributed by atoms with Gasteiger partial charge in [-0.2, -0.15) is 5.26 Å². The van der Waals surface area contributed by atoms with Gasteiger partial charge >= 0.3 is 5.97 Å². The summed E-state index contributed by atoms with van der Waals surface area (Å²) >= 11 is 0. The molecule has 0 aliphatic rings. The molecule has 0 aliphatic heterocycles. The van der Waals surface area contributed by atoms with Crippen molar-refractivity contribution in [3.8, 4) is 17.9 Å². The number of hydrogen-bond donors (Lipinski definition) is 0. The molecule has 3 heteroatoms. The lowest BCUT2D eigenvalue weighted by atomic mass is 10.2. The van der Waals surface area contributed by atoms with Crippen molar-refractivity contribution < 1.29 is 9.53 Å². The van der Waals surface area contributed by atoms with Crippen LogP contribution < -0.4 is 0 Å². The molecule has 0 saturated heterocycles. The van der Waals surface area contributed by atoms with E-state index in [-0.39, 0.29) is 6.61 Å². The van der Waals surface area contributed by atoms with Gasteiger partial charge in [0.1, 0.15) is 6.61 Å². The van der Waals surface area contributed by atoms with Crippen LogP contribution in [-0.2, 0) is 9.53 Å². The highest BCUT2D eigenvalue weighted by Crippen LogP contribution is 1.96. The first-order valence-corrected chi connectivity index (χ1v) is 4.83. The molecular formula is C11H15NO2. The molecule has 0 unspecified atom stereocenters. The van der Waals surface area contributed by atoms with Gasteiger partial charge in [0, 0.05) is 12.8 Å². The molecule has 0 rings (SSSR count). The zero-order chi connectivity index (χ0) is 10.6. The summed E-state index contributed by atoms with van der Waals surface area (Å²) in [6.45, 7) is 2.36. The van der Waals surface area contributed by atoms with Crippen molar-refractivity contribution in [1.29, 1.82) is 5.26 Å². The number of ether oxygens (including phenoxy) is 1. The van der Waals surface area contributed by atoms with E-state index in [0.717, 1.165) is 12.8 Å². The van der Waals surface area contributed by atoms with Crippen molar-refractivity contribution in [1.82, 2.24) is 0 Å². The smallest absolute Gasteiger partial charge is 0.411 e. The number of carbonyl (C=O) groups excluding carboxylic acids is 1. The molecule has 0 aromatic rings. The van der Waals surface area contributed by atoms with Crippen molar-refractivity contribution >= 4 is 5.97 Å². The Morgan fingerprint density at radius 1 is 1.29 bits per heavy atom. The minimum absolute atomic E-state index is 0.215. The molecule has 0 saturated carbocycles. The molecule has 0 bridgehead atoms. The molecular weight excluding hydrogens is 178 g/mol. The van der Waals surface area contributed by atoms with Crippen LogP contribution in [0, 0.1) is 23.2 Å². The first-order chi connectivity index (χ1) is 6.81. The third-order valence-electron chi connectivity index (χ3n) is 1.58. The fourth-order valence-corrected chi connectivity index (χ4v) is 0.867. The van der Waals surface area contributed by atoms with Gasteiger partial charge in [-0.15, -0.1) is 5.92 Å². The minimum atomic E-state index is -0.835. The molecule has 3 nitrogen and oxygen atoms in total. The van der Waals surface area contributed by atoms with E-state index in [1.54, 1.807) is 0 Å². The van der Waals surface area contributed by atoms with Gasteiger partial charge in [-0.3, -0.25) is 0 Å². The van der Waals surface area contributed by atoms with E-state index in [2.05, 4.69) is 23.5 Å². The highest BCUT2D eigenvalue weighted by molar-refractivity contribution is 5.85. The van der Waals surface area contributed by atoms with Crippen LogP contribution in [0.1, 0.15) is 39.0 Å². The molecule has 0 heterocycles. The second kappa shape index (κ2) is 9.61. The molecule has 0 radical (unpaired) electrons. The van der Waals surface area contributed by atoms with Gasteiger partial charge in [0.2, 0.25) is 0 Å². The quantitative estimate of drug-likeness (QED) is 0.290. The standard InChI is InChI=1S/C11H15NO2/c1-2-3-4-5-6-7-8-9-14-11(13)10-12/h2-5,8-9H2,1H3. The lowest BCUT2D eigenvalue weighted by Crippen LogP contribution is -2.01. The molecule has 0 atom stereocenters. The second-order valence-corrected chi connectivity index (χ2v) is 2.81. The number of nitrogens with zero attached hydrogens (tertiary/aromatic N) is 1. The zero-order valence-electron chi connectivity index (χ0n) is 8.51. The third kappa shape index (κ3) is 8.62. The number of nitriles is 1. The Hall–Kier alpha value is -1.48. The Balaban J connectivity index is 3.27. The summed E-state index contributed by atoms with van der Waals surface area (Å²) in [5.41, 5.74) is 0. The Bertz CT molecular complexity index is 255. The molecule has 0 aliphatic carbocycles. The number of esters is 1. The van der Waals surface area contributed by atoms with E-state index in [1.165, 1.54) is 18.9 Å². The molecule has 0 aromatic heterocycles. The Labute approximate surface area is 85.1 Å². The summed E-state index contributed by atoms with van der Waals surface area (Å²) in [6, 6.07) is 1.37. The maximum absolute atomic E-state index is 10.4. The number of rotatable bonds is 5. The SMILES string of the molecule is CCCCCC#CCCOC(=O)C#N. The maximum atomic E-state index is 10.4. The van der Waals surface area contributed by atoms with E-state index in [0.29, 0.717) is 6.42 Å². The molecule has 76 valence electrons. The fourth-order valence-electron chi connectivity index (χ4n) is 0.867. The summed E-state index contributed by atoms with van der Waals surface area (Å²) in [5.74, 6) is 5.04. The zero-order valence-corrected chi connectivity index (χ0v) is 8.51. The maximum Gasteiger partial charge on any atom is 0.411 e. The van der Waals surface area contributed by atoms with Gasteiger partial charge in [-0.1, -0.05) is 25.7 Å². The summed E-state index contributed by atoms with van der Waals surface area (Å²) in [7, 11) is 0. The molecule has 14 heavy (non-hydrogen) atoms. The van der Waals surface area contributed by atoms with Crippen LogP contribution in [0.5, 0.6) is 0 Å². The summed E-state index contributed by atoms with van der Waals surface area (Å²) < 4.78 is 4.52. The van der Waals surface area contributed by atoms with Crippen molar-refractivity contribution in [2.45, 2.75) is 39.0 Å². The fraction of sp³-hybridized carbons (Fsp3) is 0.636. The van der Waals surface area contributed by atoms with Gasteiger partial charge in [0.05, 0.1) is 0 Å². The second-order valence-electron chi connectivity index (χ2n) is 2.81. The van der Waals surface area contributed by atoms with Crippen LogP contribution in [-0.4, -0.2) is 12.6 Å². The highest BCUT2D eigenvalue weighted by atomic mass is 16.5. The topological polar surface area (TPSA) is 50.1 Å².